The summed E-state index contributed by atoms with van der Waals surface area (Å²) >= 11 is 0. The molecular weight excluding hydrogens is 198 g/mol. The van der Waals surface area contributed by atoms with E-state index in [0.29, 0.717) is 5.91 Å². The lowest BCUT2D eigenvalue weighted by molar-refractivity contribution is -0.131. The number of unbranched alkanes of at least 4 members (excludes halogenated alkanes) is 4. The Bertz CT molecular complexity index is 183. The van der Waals surface area contributed by atoms with Crippen LogP contribution in [0, 0.1) is 0 Å². The van der Waals surface area contributed by atoms with Gasteiger partial charge in [0.15, 0.2) is 0 Å². The third-order valence-electron chi connectivity index (χ3n) is 3.45. The third kappa shape index (κ3) is 5.53. The number of carbonyl (C=O) groups excluding carboxylic acids is 1. The molecule has 0 spiro atoms. The summed E-state index contributed by atoms with van der Waals surface area (Å²) in [7, 11) is 0. The summed E-state index contributed by atoms with van der Waals surface area (Å²) in [5, 5.41) is 0. The molecule has 0 atom stereocenters. The van der Waals surface area contributed by atoms with Crippen LogP contribution in [0.1, 0.15) is 71.1 Å². The van der Waals surface area contributed by atoms with E-state index in [9.17, 15) is 4.79 Å². The molecule has 0 radical (unpaired) electrons. The molecule has 1 aliphatic rings. The fourth-order valence-corrected chi connectivity index (χ4v) is 2.36. The van der Waals surface area contributed by atoms with E-state index < -0.39 is 0 Å². The molecule has 2 nitrogen and oxygen atoms in total. The molecule has 1 heterocycles. The highest BCUT2D eigenvalue weighted by Crippen LogP contribution is 2.12. The lowest BCUT2D eigenvalue weighted by atomic mass is 10.1. The van der Waals surface area contributed by atoms with Crippen LogP contribution >= 0.6 is 0 Å². The fourth-order valence-electron chi connectivity index (χ4n) is 2.36. The summed E-state index contributed by atoms with van der Waals surface area (Å²) in [5.74, 6) is 0.401. The molecule has 94 valence electrons. The van der Waals surface area contributed by atoms with Gasteiger partial charge in [-0.2, -0.15) is 0 Å². The number of rotatable bonds is 6. The van der Waals surface area contributed by atoms with Crippen molar-refractivity contribution in [2.75, 3.05) is 13.1 Å². The van der Waals surface area contributed by atoms with E-state index in [0.717, 1.165) is 25.9 Å². The number of nitrogens with zero attached hydrogens (tertiary/aromatic N) is 1. The second-order valence-electron chi connectivity index (χ2n) is 4.96. The first kappa shape index (κ1) is 13.5. The summed E-state index contributed by atoms with van der Waals surface area (Å²) in [6, 6.07) is 0. The first-order valence-electron chi connectivity index (χ1n) is 7.12. The zero-order valence-corrected chi connectivity index (χ0v) is 10.8. The molecule has 0 unspecified atom stereocenters. The second kappa shape index (κ2) is 8.60. The molecule has 0 N–H and O–H groups in total. The van der Waals surface area contributed by atoms with Crippen LogP contribution in [0.3, 0.4) is 0 Å². The van der Waals surface area contributed by atoms with E-state index in [-0.39, 0.29) is 0 Å². The van der Waals surface area contributed by atoms with E-state index in [2.05, 4.69) is 11.8 Å². The van der Waals surface area contributed by atoms with Crippen molar-refractivity contribution >= 4 is 5.91 Å². The summed E-state index contributed by atoms with van der Waals surface area (Å²) in [6.07, 6.45) is 12.0. The Morgan fingerprint density at radius 2 is 1.56 bits per heavy atom. The van der Waals surface area contributed by atoms with Crippen molar-refractivity contribution in [3.8, 4) is 0 Å². The first-order valence-corrected chi connectivity index (χ1v) is 7.12. The van der Waals surface area contributed by atoms with Gasteiger partial charge in [-0.3, -0.25) is 4.79 Å². The molecule has 1 saturated heterocycles. The normalized spacial score (nSPS) is 17.2. The molecule has 0 aromatic rings. The van der Waals surface area contributed by atoms with Crippen molar-refractivity contribution in [2.45, 2.75) is 71.1 Å². The molecular formula is C14H27NO. The maximum Gasteiger partial charge on any atom is 0.222 e. The fraction of sp³-hybridized carbons (Fsp3) is 0.929. The Morgan fingerprint density at radius 1 is 0.938 bits per heavy atom. The van der Waals surface area contributed by atoms with E-state index in [1.165, 1.54) is 51.4 Å². The number of likely N-dealkylation sites (tertiary alicyclic amines) is 1. The maximum absolute atomic E-state index is 11.9. The molecule has 0 aromatic heterocycles. The average Bonchev–Trinajstić information content (AvgIpc) is 2.57. The third-order valence-corrected chi connectivity index (χ3v) is 3.45. The Kier molecular flexibility index (Phi) is 7.28. The summed E-state index contributed by atoms with van der Waals surface area (Å²) in [5.41, 5.74) is 0. The topological polar surface area (TPSA) is 20.3 Å². The maximum atomic E-state index is 11.9. The van der Waals surface area contributed by atoms with Gasteiger partial charge in [0, 0.05) is 19.5 Å². The van der Waals surface area contributed by atoms with Gasteiger partial charge in [-0.25, -0.2) is 0 Å². The molecule has 1 amide bonds. The van der Waals surface area contributed by atoms with E-state index in [1.54, 1.807) is 0 Å². The number of carbonyl (C=O) groups is 1. The lowest BCUT2D eigenvalue weighted by Gasteiger charge is -2.20. The Morgan fingerprint density at radius 3 is 2.19 bits per heavy atom. The van der Waals surface area contributed by atoms with Crippen LogP contribution in [-0.2, 0) is 4.79 Å². The molecule has 0 aliphatic carbocycles. The van der Waals surface area contributed by atoms with Crippen LogP contribution in [0.25, 0.3) is 0 Å². The number of amides is 1. The average molecular weight is 225 g/mol. The second-order valence-corrected chi connectivity index (χ2v) is 4.96. The zero-order chi connectivity index (χ0) is 11.6. The lowest BCUT2D eigenvalue weighted by Crippen LogP contribution is -2.31. The smallest absolute Gasteiger partial charge is 0.222 e. The van der Waals surface area contributed by atoms with Gasteiger partial charge in [0.1, 0.15) is 0 Å². The minimum absolute atomic E-state index is 0.401. The molecule has 0 aromatic carbocycles. The quantitative estimate of drug-likeness (QED) is 0.630. The van der Waals surface area contributed by atoms with Gasteiger partial charge < -0.3 is 4.90 Å². The highest BCUT2D eigenvalue weighted by atomic mass is 16.2. The Balaban J connectivity index is 2.08. The van der Waals surface area contributed by atoms with Crippen LogP contribution in [0.2, 0.25) is 0 Å². The SMILES string of the molecule is CCCCCCCC(=O)N1CCCCCC1. The Labute approximate surface area is 100 Å². The monoisotopic (exact) mass is 225 g/mol. The molecule has 1 fully saturated rings. The van der Waals surface area contributed by atoms with Gasteiger partial charge in [0.05, 0.1) is 0 Å². The van der Waals surface area contributed by atoms with Gasteiger partial charge in [0.2, 0.25) is 5.91 Å². The number of hydrogen-bond acceptors (Lipinski definition) is 1. The van der Waals surface area contributed by atoms with Gasteiger partial charge in [0.25, 0.3) is 0 Å². The van der Waals surface area contributed by atoms with Crippen LogP contribution in [0.15, 0.2) is 0 Å². The molecule has 16 heavy (non-hydrogen) atoms. The van der Waals surface area contributed by atoms with Crippen molar-refractivity contribution in [2.24, 2.45) is 0 Å². The van der Waals surface area contributed by atoms with Crippen molar-refractivity contribution in [3.05, 3.63) is 0 Å². The Hall–Kier alpha value is -0.530. The van der Waals surface area contributed by atoms with Crippen molar-refractivity contribution in [1.29, 1.82) is 0 Å². The minimum atomic E-state index is 0.401. The largest absolute Gasteiger partial charge is 0.343 e. The molecule has 0 bridgehead atoms. The van der Waals surface area contributed by atoms with Crippen LogP contribution in [0.4, 0.5) is 0 Å². The summed E-state index contributed by atoms with van der Waals surface area (Å²) < 4.78 is 0. The molecule has 1 aliphatic heterocycles. The first-order chi connectivity index (χ1) is 7.84. The van der Waals surface area contributed by atoms with Crippen molar-refractivity contribution in [1.82, 2.24) is 4.90 Å². The van der Waals surface area contributed by atoms with Crippen LogP contribution in [0.5, 0.6) is 0 Å². The van der Waals surface area contributed by atoms with E-state index in [1.807, 2.05) is 0 Å². The zero-order valence-electron chi connectivity index (χ0n) is 10.8. The summed E-state index contributed by atoms with van der Waals surface area (Å²) in [6.45, 7) is 4.24. The van der Waals surface area contributed by atoms with Crippen molar-refractivity contribution in [3.63, 3.8) is 0 Å². The van der Waals surface area contributed by atoms with Gasteiger partial charge in [-0.1, -0.05) is 45.4 Å². The highest BCUT2D eigenvalue weighted by molar-refractivity contribution is 5.76. The minimum Gasteiger partial charge on any atom is -0.343 e. The predicted octanol–water partition coefficient (Wildman–Crippen LogP) is 3.75. The molecule has 0 saturated carbocycles. The van der Waals surface area contributed by atoms with Crippen LogP contribution in [-0.4, -0.2) is 23.9 Å². The molecule has 1 rings (SSSR count). The van der Waals surface area contributed by atoms with Gasteiger partial charge in [-0.15, -0.1) is 0 Å². The standard InChI is InChI=1S/C14H27NO/c1-2-3-4-5-8-11-14(16)15-12-9-6-7-10-13-15/h2-13H2,1H3. The van der Waals surface area contributed by atoms with E-state index >= 15 is 0 Å². The highest BCUT2D eigenvalue weighted by Gasteiger charge is 2.14. The van der Waals surface area contributed by atoms with Crippen molar-refractivity contribution < 1.29 is 4.79 Å². The summed E-state index contributed by atoms with van der Waals surface area (Å²) in [4.78, 5) is 14.0. The van der Waals surface area contributed by atoms with E-state index in [4.69, 9.17) is 0 Å². The predicted molar refractivity (Wildman–Crippen MR) is 68.4 cm³/mol. The van der Waals surface area contributed by atoms with Crippen LogP contribution < -0.4 is 0 Å². The number of hydrogen-bond donors (Lipinski definition) is 0. The molecule has 2 heteroatoms. The van der Waals surface area contributed by atoms with Gasteiger partial charge >= 0.3 is 0 Å². The van der Waals surface area contributed by atoms with Gasteiger partial charge in [-0.05, 0) is 19.3 Å².